The summed E-state index contributed by atoms with van der Waals surface area (Å²) in [6, 6.07) is -0.464. The lowest BCUT2D eigenvalue weighted by atomic mass is 9.92. The Hall–Kier alpha value is -1.85. The Kier molecular flexibility index (Phi) is 4.88. The molecule has 6 nitrogen and oxygen atoms in total. The maximum absolute atomic E-state index is 11.8. The molecule has 0 bridgehead atoms. The number of imide groups is 1. The van der Waals surface area contributed by atoms with Crippen molar-refractivity contribution in [3.63, 3.8) is 0 Å². The minimum Gasteiger partial charge on any atom is -0.478 e. The molecule has 1 fully saturated rings. The van der Waals surface area contributed by atoms with E-state index in [0.717, 1.165) is 12.5 Å². The zero-order chi connectivity index (χ0) is 13.7. The summed E-state index contributed by atoms with van der Waals surface area (Å²) >= 11 is 0. The number of nitrogens with one attached hydrogen (secondary N) is 1. The minimum atomic E-state index is -1.22. The molecule has 0 radical (unpaired) electrons. The van der Waals surface area contributed by atoms with Gasteiger partial charge in [-0.1, -0.05) is 13.8 Å². The Bertz CT molecular complexity index is 368. The molecule has 2 N–H and O–H groups in total. The van der Waals surface area contributed by atoms with Gasteiger partial charge in [0, 0.05) is 25.2 Å². The lowest BCUT2D eigenvalue weighted by Gasteiger charge is -2.34. The molecule has 1 rings (SSSR count). The summed E-state index contributed by atoms with van der Waals surface area (Å²) < 4.78 is 0. The third-order valence-corrected chi connectivity index (χ3v) is 2.76. The van der Waals surface area contributed by atoms with Crippen LogP contribution in [0, 0.1) is 11.8 Å². The van der Waals surface area contributed by atoms with Crippen molar-refractivity contribution < 1.29 is 19.5 Å². The predicted molar refractivity (Wildman–Crippen MR) is 64.8 cm³/mol. The largest absolute Gasteiger partial charge is 0.478 e. The zero-order valence-corrected chi connectivity index (χ0v) is 10.5. The number of likely N-dealkylation sites (tertiary alicyclic amines) is 1. The van der Waals surface area contributed by atoms with E-state index in [1.807, 2.05) is 0 Å². The standard InChI is InChI=1S/C12H18N2O4/c1-8-5-9(2)7-14(6-8)12(18)13-10(15)3-4-11(16)17/h3-4,8-9H,5-7H2,1-2H3,(H,16,17)(H,13,15,18)/b4-3+. The van der Waals surface area contributed by atoms with Crippen LogP contribution in [0.15, 0.2) is 12.2 Å². The molecule has 6 heteroatoms. The van der Waals surface area contributed by atoms with Crippen LogP contribution in [0.5, 0.6) is 0 Å². The van der Waals surface area contributed by atoms with E-state index in [9.17, 15) is 14.4 Å². The second kappa shape index (κ2) is 6.18. The molecule has 1 heterocycles. The van der Waals surface area contributed by atoms with Crippen molar-refractivity contribution in [3.05, 3.63) is 12.2 Å². The Morgan fingerprint density at radius 1 is 1.17 bits per heavy atom. The van der Waals surface area contributed by atoms with Gasteiger partial charge in [-0.25, -0.2) is 9.59 Å². The van der Waals surface area contributed by atoms with Crippen molar-refractivity contribution in [2.75, 3.05) is 13.1 Å². The highest BCUT2D eigenvalue weighted by atomic mass is 16.4. The second-order valence-corrected chi connectivity index (χ2v) is 4.82. The highest BCUT2D eigenvalue weighted by Crippen LogP contribution is 2.20. The van der Waals surface area contributed by atoms with Crippen LogP contribution < -0.4 is 5.32 Å². The maximum atomic E-state index is 11.8. The molecule has 18 heavy (non-hydrogen) atoms. The molecule has 1 aliphatic heterocycles. The number of nitrogens with zero attached hydrogens (tertiary/aromatic N) is 1. The van der Waals surface area contributed by atoms with E-state index >= 15 is 0 Å². The fourth-order valence-corrected chi connectivity index (χ4v) is 2.20. The van der Waals surface area contributed by atoms with Gasteiger partial charge in [-0.3, -0.25) is 10.1 Å². The molecule has 100 valence electrons. The summed E-state index contributed by atoms with van der Waals surface area (Å²) in [4.78, 5) is 34.8. The van der Waals surface area contributed by atoms with Crippen LogP contribution >= 0.6 is 0 Å². The van der Waals surface area contributed by atoms with Crippen LogP contribution in [0.1, 0.15) is 20.3 Å². The number of carbonyl (C=O) groups is 3. The van der Waals surface area contributed by atoms with Gasteiger partial charge in [0.2, 0.25) is 0 Å². The number of carboxylic acids is 1. The van der Waals surface area contributed by atoms with E-state index in [0.29, 0.717) is 31.0 Å². The number of carbonyl (C=O) groups excluding carboxylic acids is 2. The zero-order valence-electron chi connectivity index (χ0n) is 10.5. The van der Waals surface area contributed by atoms with Crippen LogP contribution in [0.2, 0.25) is 0 Å². The van der Waals surface area contributed by atoms with Gasteiger partial charge < -0.3 is 10.0 Å². The lowest BCUT2D eigenvalue weighted by Crippen LogP contribution is -2.48. The van der Waals surface area contributed by atoms with Gasteiger partial charge in [-0.05, 0) is 18.3 Å². The van der Waals surface area contributed by atoms with Gasteiger partial charge in [0.1, 0.15) is 0 Å². The number of hydrogen-bond acceptors (Lipinski definition) is 3. The van der Waals surface area contributed by atoms with Gasteiger partial charge in [0.25, 0.3) is 5.91 Å². The number of rotatable bonds is 2. The highest BCUT2D eigenvalue weighted by molar-refractivity contribution is 6.02. The monoisotopic (exact) mass is 254 g/mol. The molecule has 1 saturated heterocycles. The summed E-state index contributed by atoms with van der Waals surface area (Å²) in [5, 5.41) is 10.5. The lowest BCUT2D eigenvalue weighted by molar-refractivity contribution is -0.131. The van der Waals surface area contributed by atoms with Gasteiger partial charge >= 0.3 is 12.0 Å². The Morgan fingerprint density at radius 2 is 1.72 bits per heavy atom. The van der Waals surface area contributed by atoms with Crippen molar-refractivity contribution in [3.8, 4) is 0 Å². The first-order valence-electron chi connectivity index (χ1n) is 5.89. The molecule has 2 atom stereocenters. The number of carboxylic acid groups (broad SMARTS) is 1. The van der Waals surface area contributed by atoms with Crippen molar-refractivity contribution in [2.45, 2.75) is 20.3 Å². The van der Waals surface area contributed by atoms with Gasteiger partial charge in [-0.2, -0.15) is 0 Å². The van der Waals surface area contributed by atoms with Gasteiger partial charge in [0.05, 0.1) is 0 Å². The van der Waals surface area contributed by atoms with Crippen LogP contribution in [-0.2, 0) is 9.59 Å². The Labute approximate surface area is 106 Å². The quantitative estimate of drug-likeness (QED) is 0.715. The molecule has 3 amide bonds. The molecular formula is C12H18N2O4. The molecule has 0 aromatic carbocycles. The van der Waals surface area contributed by atoms with Crippen molar-refractivity contribution in [2.24, 2.45) is 11.8 Å². The molecule has 2 unspecified atom stereocenters. The summed E-state index contributed by atoms with van der Waals surface area (Å²) in [5.74, 6) is -1.13. The van der Waals surface area contributed by atoms with Crippen LogP contribution in [0.25, 0.3) is 0 Å². The Morgan fingerprint density at radius 3 is 2.22 bits per heavy atom. The number of piperidine rings is 1. The summed E-state index contributed by atoms with van der Waals surface area (Å²) in [7, 11) is 0. The van der Waals surface area contributed by atoms with Crippen molar-refractivity contribution in [1.29, 1.82) is 0 Å². The topological polar surface area (TPSA) is 86.7 Å². The summed E-state index contributed by atoms with van der Waals surface area (Å²) in [6.45, 7) is 5.35. The number of aliphatic carboxylic acids is 1. The fraction of sp³-hybridized carbons (Fsp3) is 0.583. The SMILES string of the molecule is CC1CC(C)CN(C(=O)NC(=O)/C=C/C(=O)O)C1. The van der Waals surface area contributed by atoms with E-state index in [4.69, 9.17) is 5.11 Å². The van der Waals surface area contributed by atoms with Crippen molar-refractivity contribution >= 4 is 17.9 Å². The highest BCUT2D eigenvalue weighted by Gasteiger charge is 2.25. The molecule has 0 saturated carbocycles. The van der Waals surface area contributed by atoms with E-state index in [-0.39, 0.29) is 0 Å². The number of hydrogen-bond donors (Lipinski definition) is 2. The second-order valence-electron chi connectivity index (χ2n) is 4.82. The van der Waals surface area contributed by atoms with Crippen LogP contribution in [-0.4, -0.2) is 41.0 Å². The normalized spacial score (nSPS) is 24.0. The molecule has 0 aliphatic carbocycles. The third kappa shape index (κ3) is 4.57. The number of amides is 3. The fourth-order valence-electron chi connectivity index (χ4n) is 2.20. The molecular weight excluding hydrogens is 236 g/mol. The number of urea groups is 1. The third-order valence-electron chi connectivity index (χ3n) is 2.76. The van der Waals surface area contributed by atoms with E-state index in [1.165, 1.54) is 0 Å². The molecule has 1 aliphatic rings. The first-order valence-corrected chi connectivity index (χ1v) is 5.89. The molecule has 0 aromatic heterocycles. The van der Waals surface area contributed by atoms with Crippen LogP contribution in [0.4, 0.5) is 4.79 Å². The predicted octanol–water partition coefficient (Wildman–Crippen LogP) is 0.841. The van der Waals surface area contributed by atoms with Gasteiger partial charge in [-0.15, -0.1) is 0 Å². The maximum Gasteiger partial charge on any atom is 0.328 e. The van der Waals surface area contributed by atoms with Crippen LogP contribution in [0.3, 0.4) is 0 Å². The summed E-state index contributed by atoms with van der Waals surface area (Å²) in [6.07, 6.45) is 2.59. The average molecular weight is 254 g/mol. The molecule has 0 aromatic rings. The van der Waals surface area contributed by atoms with E-state index in [2.05, 4.69) is 19.2 Å². The summed E-state index contributed by atoms with van der Waals surface area (Å²) in [5.41, 5.74) is 0. The van der Waals surface area contributed by atoms with Gasteiger partial charge in [0.15, 0.2) is 0 Å². The first kappa shape index (κ1) is 14.2. The van der Waals surface area contributed by atoms with Crippen molar-refractivity contribution in [1.82, 2.24) is 10.2 Å². The Balaban J connectivity index is 2.49. The first-order chi connectivity index (χ1) is 8.38. The van der Waals surface area contributed by atoms with E-state index in [1.54, 1.807) is 4.90 Å². The average Bonchev–Trinajstić information content (AvgIpc) is 2.25. The molecule has 0 spiro atoms. The smallest absolute Gasteiger partial charge is 0.328 e. The van der Waals surface area contributed by atoms with E-state index < -0.39 is 17.9 Å². The minimum absolute atomic E-state index is 0.407.